The van der Waals surface area contributed by atoms with Gasteiger partial charge in [0.05, 0.1) is 11.2 Å². The molecular weight excluding hydrogens is 413 g/mol. The SMILES string of the molecule is CN1C(c2cc(NC3CCC(N)CC3)ncc2Cl)=CC=CC1NCc1cccc(F)c1. The largest absolute Gasteiger partial charge is 0.367 e. The lowest BCUT2D eigenvalue weighted by Crippen LogP contribution is -2.41. The molecule has 0 saturated heterocycles. The Labute approximate surface area is 188 Å². The smallest absolute Gasteiger partial charge is 0.126 e. The van der Waals surface area contributed by atoms with Crippen molar-refractivity contribution in [2.24, 2.45) is 5.73 Å². The molecule has 1 unspecified atom stereocenters. The number of hydrogen-bond acceptors (Lipinski definition) is 5. The van der Waals surface area contributed by atoms with Gasteiger partial charge in [0, 0.05) is 43.1 Å². The van der Waals surface area contributed by atoms with Crippen LogP contribution in [0.3, 0.4) is 0 Å². The van der Waals surface area contributed by atoms with Crippen molar-refractivity contribution in [1.82, 2.24) is 15.2 Å². The molecule has 1 aliphatic carbocycles. The van der Waals surface area contributed by atoms with Crippen LogP contribution >= 0.6 is 11.6 Å². The molecule has 31 heavy (non-hydrogen) atoms. The standard InChI is InChI=1S/C24H29ClFN5/c1-31-22(6-3-7-24(31)29-14-16-4-2-5-17(26)12-16)20-13-23(28-15-21(20)25)30-19-10-8-18(27)9-11-19/h2-7,12-13,15,18-19,24,29H,8-11,14,27H2,1H3,(H,28,30). The maximum absolute atomic E-state index is 13.5. The number of nitrogens with zero attached hydrogens (tertiary/aromatic N) is 2. The second-order valence-corrected chi connectivity index (χ2v) is 8.72. The van der Waals surface area contributed by atoms with Gasteiger partial charge >= 0.3 is 0 Å². The van der Waals surface area contributed by atoms with Gasteiger partial charge in [-0.3, -0.25) is 5.32 Å². The average molecular weight is 442 g/mol. The number of halogens is 2. The zero-order chi connectivity index (χ0) is 21.8. The molecule has 1 aromatic carbocycles. The molecule has 2 heterocycles. The summed E-state index contributed by atoms with van der Waals surface area (Å²) >= 11 is 6.53. The number of allylic oxidation sites excluding steroid dienone is 2. The number of anilines is 1. The molecule has 1 fully saturated rings. The molecule has 4 rings (SSSR count). The minimum Gasteiger partial charge on any atom is -0.367 e. The minimum absolute atomic E-state index is 0.0382. The highest BCUT2D eigenvalue weighted by Crippen LogP contribution is 2.31. The van der Waals surface area contributed by atoms with E-state index in [0.29, 0.717) is 23.7 Å². The van der Waals surface area contributed by atoms with Gasteiger partial charge in [0.15, 0.2) is 0 Å². The van der Waals surface area contributed by atoms with Gasteiger partial charge in [-0.15, -0.1) is 0 Å². The third-order valence-corrected chi connectivity index (χ3v) is 6.31. The maximum Gasteiger partial charge on any atom is 0.126 e. The zero-order valence-corrected chi connectivity index (χ0v) is 18.4. The van der Waals surface area contributed by atoms with E-state index in [1.54, 1.807) is 18.3 Å². The quantitative estimate of drug-likeness (QED) is 0.615. The highest BCUT2D eigenvalue weighted by Gasteiger charge is 2.22. The summed E-state index contributed by atoms with van der Waals surface area (Å²) in [5.41, 5.74) is 8.85. The van der Waals surface area contributed by atoms with E-state index >= 15 is 0 Å². The number of nitrogens with one attached hydrogen (secondary N) is 2. The van der Waals surface area contributed by atoms with E-state index in [-0.39, 0.29) is 12.0 Å². The van der Waals surface area contributed by atoms with Crippen LogP contribution in [0.2, 0.25) is 5.02 Å². The molecular formula is C24H29ClFN5. The van der Waals surface area contributed by atoms with Gasteiger partial charge in [0.2, 0.25) is 0 Å². The van der Waals surface area contributed by atoms with Crippen molar-refractivity contribution in [2.45, 2.75) is 50.5 Å². The van der Waals surface area contributed by atoms with Crippen LogP contribution in [-0.2, 0) is 6.54 Å². The van der Waals surface area contributed by atoms with E-state index in [2.05, 4.69) is 26.6 Å². The molecule has 1 aromatic heterocycles. The van der Waals surface area contributed by atoms with Crippen molar-refractivity contribution < 1.29 is 4.39 Å². The fourth-order valence-electron chi connectivity index (χ4n) is 4.19. The minimum atomic E-state index is -0.226. The van der Waals surface area contributed by atoms with Crippen molar-refractivity contribution >= 4 is 23.1 Å². The number of aromatic nitrogens is 1. The molecule has 4 N–H and O–H groups in total. The number of nitrogens with two attached hydrogens (primary N) is 1. The molecule has 164 valence electrons. The van der Waals surface area contributed by atoms with Crippen LogP contribution in [0.5, 0.6) is 0 Å². The lowest BCUT2D eigenvalue weighted by atomic mass is 9.92. The highest BCUT2D eigenvalue weighted by molar-refractivity contribution is 6.32. The molecule has 7 heteroatoms. The van der Waals surface area contributed by atoms with Crippen molar-refractivity contribution in [3.05, 3.63) is 76.7 Å². The summed E-state index contributed by atoms with van der Waals surface area (Å²) in [5, 5.41) is 7.61. The zero-order valence-electron chi connectivity index (χ0n) is 17.7. The summed E-state index contributed by atoms with van der Waals surface area (Å²) in [6.07, 6.45) is 12.0. The normalized spacial score (nSPS) is 23.5. The molecule has 2 aromatic rings. The Balaban J connectivity index is 1.45. The van der Waals surface area contributed by atoms with Gasteiger partial charge in [-0.2, -0.15) is 0 Å². The number of benzene rings is 1. The van der Waals surface area contributed by atoms with Gasteiger partial charge in [0.1, 0.15) is 11.6 Å². The first-order chi connectivity index (χ1) is 15.0. The van der Waals surface area contributed by atoms with E-state index in [1.165, 1.54) is 6.07 Å². The topological polar surface area (TPSA) is 66.2 Å². The van der Waals surface area contributed by atoms with Crippen molar-refractivity contribution in [3.63, 3.8) is 0 Å². The summed E-state index contributed by atoms with van der Waals surface area (Å²) in [6, 6.07) is 9.36. The van der Waals surface area contributed by atoms with E-state index < -0.39 is 0 Å². The fourth-order valence-corrected chi connectivity index (χ4v) is 4.39. The molecule has 0 spiro atoms. The average Bonchev–Trinajstić information content (AvgIpc) is 2.76. The Morgan fingerprint density at radius 2 is 2.03 bits per heavy atom. The van der Waals surface area contributed by atoms with E-state index in [1.807, 2.05) is 31.3 Å². The van der Waals surface area contributed by atoms with E-state index in [0.717, 1.165) is 48.3 Å². The first-order valence-corrected chi connectivity index (χ1v) is 11.1. The van der Waals surface area contributed by atoms with Crippen LogP contribution < -0.4 is 16.4 Å². The number of pyridine rings is 1. The number of likely N-dealkylation sites (N-methyl/N-ethyl adjacent to an activating group) is 1. The molecule has 2 aliphatic rings. The maximum atomic E-state index is 13.5. The Morgan fingerprint density at radius 1 is 1.23 bits per heavy atom. The monoisotopic (exact) mass is 441 g/mol. The summed E-state index contributed by atoms with van der Waals surface area (Å²) in [6.45, 7) is 0.561. The molecule has 0 bridgehead atoms. The van der Waals surface area contributed by atoms with E-state index in [9.17, 15) is 4.39 Å². The molecule has 5 nitrogen and oxygen atoms in total. The Kier molecular flexibility index (Phi) is 6.90. The molecule has 0 amide bonds. The summed E-state index contributed by atoms with van der Waals surface area (Å²) < 4.78 is 13.5. The highest BCUT2D eigenvalue weighted by atomic mass is 35.5. The van der Waals surface area contributed by atoms with Gasteiger partial charge in [-0.1, -0.05) is 29.8 Å². The molecule has 1 saturated carbocycles. The molecule has 0 radical (unpaired) electrons. The van der Waals surface area contributed by atoms with Crippen LogP contribution in [-0.4, -0.2) is 35.2 Å². The Bertz CT molecular complexity index is 968. The second-order valence-electron chi connectivity index (χ2n) is 8.31. The third-order valence-electron chi connectivity index (χ3n) is 6.00. The van der Waals surface area contributed by atoms with Crippen LogP contribution in [0.25, 0.3) is 5.70 Å². The second kappa shape index (κ2) is 9.81. The van der Waals surface area contributed by atoms with Crippen molar-refractivity contribution in [1.29, 1.82) is 0 Å². The predicted octanol–water partition coefficient (Wildman–Crippen LogP) is 4.51. The fraction of sp³-hybridized carbons (Fsp3) is 0.375. The first-order valence-electron chi connectivity index (χ1n) is 10.8. The Hall–Kier alpha value is -2.41. The van der Waals surface area contributed by atoms with Gasteiger partial charge in [-0.25, -0.2) is 9.37 Å². The van der Waals surface area contributed by atoms with Crippen LogP contribution in [0.15, 0.2) is 54.8 Å². The number of rotatable bonds is 6. The van der Waals surface area contributed by atoms with Crippen LogP contribution in [0, 0.1) is 5.82 Å². The van der Waals surface area contributed by atoms with Gasteiger partial charge in [0.25, 0.3) is 0 Å². The summed E-state index contributed by atoms with van der Waals surface area (Å²) in [4.78, 5) is 6.61. The van der Waals surface area contributed by atoms with Crippen molar-refractivity contribution in [3.8, 4) is 0 Å². The van der Waals surface area contributed by atoms with Crippen LogP contribution in [0.4, 0.5) is 10.2 Å². The number of hydrogen-bond donors (Lipinski definition) is 3. The first kappa shape index (κ1) is 21.8. The van der Waals surface area contributed by atoms with Gasteiger partial charge in [-0.05, 0) is 61.6 Å². The molecule has 1 aliphatic heterocycles. The van der Waals surface area contributed by atoms with Gasteiger partial charge < -0.3 is 16.0 Å². The lowest BCUT2D eigenvalue weighted by molar-refractivity contribution is 0.339. The summed E-state index contributed by atoms with van der Waals surface area (Å²) in [5.74, 6) is 0.601. The summed E-state index contributed by atoms with van der Waals surface area (Å²) in [7, 11) is 2.02. The third kappa shape index (κ3) is 5.45. The van der Waals surface area contributed by atoms with Crippen LogP contribution in [0.1, 0.15) is 36.8 Å². The lowest BCUT2D eigenvalue weighted by Gasteiger charge is -2.33. The predicted molar refractivity (Wildman–Crippen MR) is 125 cm³/mol. The molecule has 1 atom stereocenters. The van der Waals surface area contributed by atoms with Crippen molar-refractivity contribution in [2.75, 3.05) is 12.4 Å². The Morgan fingerprint density at radius 3 is 2.81 bits per heavy atom. The van der Waals surface area contributed by atoms with E-state index in [4.69, 9.17) is 17.3 Å².